The number of nitriles is 1. The highest BCUT2D eigenvalue weighted by atomic mass is 14.2. The molecule has 1 aliphatic carbocycles. The van der Waals surface area contributed by atoms with Crippen molar-refractivity contribution in [2.24, 2.45) is 0 Å². The fraction of sp³-hybridized carbons (Fsp3) is 0.667. The molecular formula is C9H15N. The summed E-state index contributed by atoms with van der Waals surface area (Å²) in [6, 6.07) is 1.69. The van der Waals surface area contributed by atoms with Crippen LogP contribution in [0.15, 0.2) is 12.7 Å². The molecule has 0 bridgehead atoms. The zero-order valence-corrected chi connectivity index (χ0v) is 6.47. The van der Waals surface area contributed by atoms with Crippen molar-refractivity contribution in [3.63, 3.8) is 0 Å². The molecule has 0 N–H and O–H groups in total. The molecule has 0 aromatic carbocycles. The van der Waals surface area contributed by atoms with Crippen molar-refractivity contribution in [1.29, 1.82) is 5.26 Å². The third kappa shape index (κ3) is 7.23. The number of allylic oxidation sites excluding steroid dienone is 1. The monoisotopic (exact) mass is 137 g/mol. The van der Waals surface area contributed by atoms with Crippen LogP contribution in [0, 0.1) is 11.3 Å². The minimum absolute atomic E-state index is 1.18. The zero-order valence-electron chi connectivity index (χ0n) is 6.47. The summed E-state index contributed by atoms with van der Waals surface area (Å²) in [5.74, 6) is 0. The second-order valence-corrected chi connectivity index (χ2v) is 2.45. The van der Waals surface area contributed by atoms with Crippen LogP contribution in [0.2, 0.25) is 0 Å². The Balaban J connectivity index is 0.000000180. The van der Waals surface area contributed by atoms with Gasteiger partial charge in [-0.3, -0.25) is 0 Å². The van der Waals surface area contributed by atoms with E-state index in [2.05, 4.69) is 6.58 Å². The molecule has 0 amide bonds. The van der Waals surface area contributed by atoms with Crippen molar-refractivity contribution >= 4 is 0 Å². The first kappa shape index (κ1) is 9.23. The molecule has 0 aliphatic heterocycles. The topological polar surface area (TPSA) is 23.8 Å². The number of nitrogens with zero attached hydrogens (tertiary/aromatic N) is 1. The second kappa shape index (κ2) is 8.23. The molecule has 0 atom stereocenters. The van der Waals surface area contributed by atoms with Gasteiger partial charge in [-0.1, -0.05) is 45.1 Å². The lowest BCUT2D eigenvalue weighted by atomic mass is 10.0. The molecule has 0 spiro atoms. The Kier molecular flexibility index (Phi) is 7.60. The highest BCUT2D eigenvalue weighted by molar-refractivity contribution is 4.93. The van der Waals surface area contributed by atoms with Gasteiger partial charge >= 0.3 is 0 Å². The maximum atomic E-state index is 7.51. The Hall–Kier alpha value is -0.770. The molecule has 0 saturated heterocycles. The maximum absolute atomic E-state index is 7.51. The normalized spacial score (nSPS) is 15.9. The fourth-order valence-electron chi connectivity index (χ4n) is 1.06. The molecule has 0 aromatic heterocycles. The minimum Gasteiger partial charge on any atom is -0.193 e. The van der Waals surface area contributed by atoms with Gasteiger partial charge < -0.3 is 0 Å². The van der Waals surface area contributed by atoms with E-state index < -0.39 is 0 Å². The molecule has 1 saturated carbocycles. The smallest absolute Gasteiger partial charge is 0.0905 e. The minimum atomic E-state index is 1.18. The van der Waals surface area contributed by atoms with Gasteiger partial charge in [-0.15, -0.1) is 0 Å². The van der Waals surface area contributed by atoms with Crippen LogP contribution in [-0.4, -0.2) is 0 Å². The standard InChI is InChI=1S/C6H12.C3H3N/c1-2-4-6-5-3-1;1-2-3-4/h1-6H2;2H,1H2. The van der Waals surface area contributed by atoms with E-state index >= 15 is 0 Å². The summed E-state index contributed by atoms with van der Waals surface area (Å²) in [4.78, 5) is 0. The first-order chi connectivity index (χ1) is 4.91. The molecule has 1 heteroatoms. The van der Waals surface area contributed by atoms with Crippen LogP contribution < -0.4 is 0 Å². The Bertz CT molecular complexity index is 94.9. The van der Waals surface area contributed by atoms with Crippen LogP contribution in [0.5, 0.6) is 0 Å². The molecule has 1 nitrogen and oxygen atoms in total. The molecule has 10 heavy (non-hydrogen) atoms. The summed E-state index contributed by atoms with van der Waals surface area (Å²) in [6.07, 6.45) is 10.2. The van der Waals surface area contributed by atoms with Crippen LogP contribution in [0.25, 0.3) is 0 Å². The average Bonchev–Trinajstić information content (AvgIpc) is 2.08. The van der Waals surface area contributed by atoms with Gasteiger partial charge in [-0.05, 0) is 0 Å². The summed E-state index contributed by atoms with van der Waals surface area (Å²) in [5.41, 5.74) is 0. The molecule has 1 aliphatic rings. The fourth-order valence-corrected chi connectivity index (χ4v) is 1.06. The highest BCUT2D eigenvalue weighted by Gasteiger charge is 1.95. The molecule has 1 rings (SSSR count). The lowest BCUT2D eigenvalue weighted by Crippen LogP contribution is -1.85. The third-order valence-corrected chi connectivity index (χ3v) is 1.59. The van der Waals surface area contributed by atoms with Crippen molar-refractivity contribution in [3.8, 4) is 6.07 Å². The predicted octanol–water partition coefficient (Wildman–Crippen LogP) is 3.04. The largest absolute Gasteiger partial charge is 0.193 e. The van der Waals surface area contributed by atoms with Crippen LogP contribution in [0.1, 0.15) is 38.5 Å². The van der Waals surface area contributed by atoms with Gasteiger partial charge in [0, 0.05) is 6.08 Å². The molecule has 0 aromatic rings. The van der Waals surface area contributed by atoms with Crippen molar-refractivity contribution in [1.82, 2.24) is 0 Å². The van der Waals surface area contributed by atoms with Crippen LogP contribution >= 0.6 is 0 Å². The van der Waals surface area contributed by atoms with E-state index in [1.54, 1.807) is 6.07 Å². The van der Waals surface area contributed by atoms with Gasteiger partial charge in [0.2, 0.25) is 0 Å². The second-order valence-electron chi connectivity index (χ2n) is 2.45. The summed E-state index contributed by atoms with van der Waals surface area (Å²) in [6.45, 7) is 3.12. The van der Waals surface area contributed by atoms with E-state index in [-0.39, 0.29) is 0 Å². The van der Waals surface area contributed by atoms with Crippen LogP contribution in [-0.2, 0) is 0 Å². The van der Waals surface area contributed by atoms with Gasteiger partial charge in [0.25, 0.3) is 0 Å². The van der Waals surface area contributed by atoms with Gasteiger partial charge in [-0.25, -0.2) is 0 Å². The molecule has 1 fully saturated rings. The first-order valence-electron chi connectivity index (χ1n) is 3.92. The Morgan fingerprint density at radius 1 is 1.00 bits per heavy atom. The molecular weight excluding hydrogens is 122 g/mol. The average molecular weight is 137 g/mol. The summed E-state index contributed by atoms with van der Waals surface area (Å²) in [7, 11) is 0. The number of hydrogen-bond acceptors (Lipinski definition) is 1. The summed E-state index contributed by atoms with van der Waals surface area (Å²) in [5, 5.41) is 7.51. The SMILES string of the molecule is C1CCCCC1.C=CC#N. The van der Waals surface area contributed by atoms with Crippen molar-refractivity contribution in [2.45, 2.75) is 38.5 Å². The highest BCUT2D eigenvalue weighted by Crippen LogP contribution is 2.15. The van der Waals surface area contributed by atoms with Gasteiger partial charge in [0.1, 0.15) is 0 Å². The Labute approximate surface area is 63.4 Å². The van der Waals surface area contributed by atoms with E-state index in [0.717, 1.165) is 0 Å². The molecule has 0 heterocycles. The van der Waals surface area contributed by atoms with Crippen LogP contribution in [0.3, 0.4) is 0 Å². The van der Waals surface area contributed by atoms with E-state index in [1.807, 2.05) is 0 Å². The number of hydrogen-bond donors (Lipinski definition) is 0. The number of rotatable bonds is 0. The quantitative estimate of drug-likeness (QED) is 0.471. The van der Waals surface area contributed by atoms with E-state index in [4.69, 9.17) is 5.26 Å². The summed E-state index contributed by atoms with van der Waals surface area (Å²) >= 11 is 0. The summed E-state index contributed by atoms with van der Waals surface area (Å²) < 4.78 is 0. The van der Waals surface area contributed by atoms with Crippen molar-refractivity contribution < 1.29 is 0 Å². The predicted molar refractivity (Wildman–Crippen MR) is 43.5 cm³/mol. The lowest BCUT2D eigenvalue weighted by Gasteiger charge is -2.05. The Morgan fingerprint density at radius 3 is 1.30 bits per heavy atom. The van der Waals surface area contributed by atoms with Crippen molar-refractivity contribution in [2.75, 3.05) is 0 Å². The van der Waals surface area contributed by atoms with Gasteiger partial charge in [0.05, 0.1) is 6.07 Å². The van der Waals surface area contributed by atoms with E-state index in [9.17, 15) is 0 Å². The lowest BCUT2D eigenvalue weighted by molar-refractivity contribution is 0.504. The van der Waals surface area contributed by atoms with Crippen molar-refractivity contribution in [3.05, 3.63) is 12.7 Å². The first-order valence-corrected chi connectivity index (χ1v) is 3.92. The van der Waals surface area contributed by atoms with Gasteiger partial charge in [0.15, 0.2) is 0 Å². The van der Waals surface area contributed by atoms with Crippen LogP contribution in [0.4, 0.5) is 0 Å². The van der Waals surface area contributed by atoms with E-state index in [1.165, 1.54) is 44.6 Å². The Morgan fingerprint density at radius 2 is 1.20 bits per heavy atom. The molecule has 0 radical (unpaired) electrons. The zero-order chi connectivity index (χ0) is 7.66. The molecule has 0 unspecified atom stereocenters. The van der Waals surface area contributed by atoms with E-state index in [0.29, 0.717) is 0 Å². The van der Waals surface area contributed by atoms with Gasteiger partial charge in [-0.2, -0.15) is 5.26 Å². The third-order valence-electron chi connectivity index (χ3n) is 1.59. The molecule has 56 valence electrons. The maximum Gasteiger partial charge on any atom is 0.0905 e.